The van der Waals surface area contributed by atoms with E-state index >= 15 is 0 Å². The second-order valence-corrected chi connectivity index (χ2v) is 9.13. The van der Waals surface area contributed by atoms with Gasteiger partial charge in [-0.25, -0.2) is 19.9 Å². The van der Waals surface area contributed by atoms with E-state index in [2.05, 4.69) is 32.2 Å². The molecule has 0 spiro atoms. The van der Waals surface area contributed by atoms with Gasteiger partial charge in [0.1, 0.15) is 5.82 Å². The number of fused-ring (bicyclic) bond motifs is 2. The minimum Gasteiger partial charge on any atom is -0.366 e. The van der Waals surface area contributed by atoms with Crippen molar-refractivity contribution in [3.05, 3.63) is 66.4 Å². The minimum atomic E-state index is -4.54. The second-order valence-electron chi connectivity index (χ2n) is 9.13. The molecule has 35 heavy (non-hydrogen) atoms. The Kier molecular flexibility index (Phi) is 5.90. The summed E-state index contributed by atoms with van der Waals surface area (Å²) in [5, 5.41) is 3.15. The van der Waals surface area contributed by atoms with E-state index in [4.69, 9.17) is 0 Å². The number of nitrogens with zero attached hydrogens (tertiary/aromatic N) is 5. The summed E-state index contributed by atoms with van der Waals surface area (Å²) in [7, 11) is 0. The molecule has 1 amide bonds. The fourth-order valence-corrected chi connectivity index (χ4v) is 5.64. The van der Waals surface area contributed by atoms with E-state index in [1.807, 2.05) is 23.1 Å². The number of hydrogen-bond donors (Lipinski definition) is 1. The van der Waals surface area contributed by atoms with Gasteiger partial charge in [-0.2, -0.15) is 13.2 Å². The summed E-state index contributed by atoms with van der Waals surface area (Å²) >= 11 is 0. The molecule has 1 saturated carbocycles. The highest BCUT2D eigenvalue weighted by atomic mass is 19.4. The van der Waals surface area contributed by atoms with Crippen molar-refractivity contribution in [1.29, 1.82) is 0 Å². The highest BCUT2D eigenvalue weighted by molar-refractivity contribution is 6.01. The van der Waals surface area contributed by atoms with E-state index in [1.165, 1.54) is 0 Å². The molecular weight excluding hydrogens is 457 g/mol. The van der Waals surface area contributed by atoms with Gasteiger partial charge in [-0.1, -0.05) is 25.1 Å². The molecule has 2 aromatic heterocycles. The highest BCUT2D eigenvalue weighted by Crippen LogP contribution is 2.52. The Bertz CT molecular complexity index is 1200. The number of hydrogen-bond acceptors (Lipinski definition) is 6. The highest BCUT2D eigenvalue weighted by Gasteiger charge is 2.57. The first kappa shape index (κ1) is 23.2. The number of carbonyl (C=O) groups excluding carboxylic acids is 1. The number of rotatable bonds is 6. The summed E-state index contributed by atoms with van der Waals surface area (Å²) in [5.74, 6) is 1.04. The first-order valence-electron chi connectivity index (χ1n) is 11.7. The number of nitrogens with one attached hydrogen (secondary N) is 1. The zero-order chi connectivity index (χ0) is 24.6. The predicted octanol–water partition coefficient (Wildman–Crippen LogP) is 4.84. The van der Waals surface area contributed by atoms with Crippen LogP contribution in [0, 0.1) is 5.92 Å². The molecule has 5 rings (SSSR count). The van der Waals surface area contributed by atoms with E-state index in [9.17, 15) is 18.0 Å². The van der Waals surface area contributed by atoms with Gasteiger partial charge in [-0.3, -0.25) is 4.79 Å². The van der Waals surface area contributed by atoms with E-state index in [0.717, 1.165) is 38.1 Å². The Hall–Kier alpha value is -3.56. The summed E-state index contributed by atoms with van der Waals surface area (Å²) in [5.41, 5.74) is -0.284. The third-order valence-electron chi connectivity index (χ3n) is 7.15. The van der Waals surface area contributed by atoms with Crippen LogP contribution in [0.4, 0.5) is 19.0 Å². The molecule has 2 aliphatic rings. The molecule has 0 radical (unpaired) electrons. The van der Waals surface area contributed by atoms with Crippen molar-refractivity contribution < 1.29 is 18.0 Å². The normalized spacial score (nSPS) is 23.5. The summed E-state index contributed by atoms with van der Waals surface area (Å²) in [6.45, 7) is 2.47. The number of likely N-dealkylation sites (tertiary alicyclic amines) is 1. The average molecular weight is 483 g/mol. The third-order valence-corrected chi connectivity index (χ3v) is 7.15. The molecule has 1 N–H and O–H groups in total. The lowest BCUT2D eigenvalue weighted by molar-refractivity contribution is -0.141. The lowest BCUT2D eigenvalue weighted by atomic mass is 9.91. The van der Waals surface area contributed by atoms with Crippen molar-refractivity contribution in [2.24, 2.45) is 5.92 Å². The Morgan fingerprint density at radius 1 is 1.11 bits per heavy atom. The largest absolute Gasteiger partial charge is 0.434 e. The molecule has 1 aromatic carbocycles. The van der Waals surface area contributed by atoms with Crippen LogP contribution in [0.1, 0.15) is 48.7 Å². The second kappa shape index (κ2) is 8.90. The molecule has 182 valence electrons. The first-order chi connectivity index (χ1) is 16.8. The summed E-state index contributed by atoms with van der Waals surface area (Å²) < 4.78 is 38.5. The summed E-state index contributed by atoms with van der Waals surface area (Å²) in [6.07, 6.45) is 4.04. The van der Waals surface area contributed by atoms with Crippen molar-refractivity contribution in [3.63, 3.8) is 0 Å². The van der Waals surface area contributed by atoms with Gasteiger partial charge in [0.05, 0.1) is 23.5 Å². The van der Waals surface area contributed by atoms with Crippen LogP contribution in [0.2, 0.25) is 0 Å². The number of halogens is 3. The molecule has 3 atom stereocenters. The maximum absolute atomic E-state index is 14.1. The maximum Gasteiger partial charge on any atom is 0.434 e. The van der Waals surface area contributed by atoms with Crippen LogP contribution in [0.15, 0.2) is 55.1 Å². The van der Waals surface area contributed by atoms with Crippen molar-refractivity contribution in [1.82, 2.24) is 24.8 Å². The van der Waals surface area contributed by atoms with Crippen molar-refractivity contribution >= 4 is 11.7 Å². The van der Waals surface area contributed by atoms with Crippen LogP contribution in [0.3, 0.4) is 0 Å². The number of amides is 1. The van der Waals surface area contributed by atoms with Crippen molar-refractivity contribution in [2.75, 3.05) is 11.9 Å². The quantitative estimate of drug-likeness (QED) is 0.542. The van der Waals surface area contributed by atoms with Gasteiger partial charge in [0.2, 0.25) is 0 Å². The molecule has 3 aromatic rings. The standard InChI is InChI=1S/C25H25F3N6O/c1-2-19-16-8-9-24(12-16,15-33-21-14-31-20(13-32-21)25(26,27)28)34(19)23(35)18-7-4-3-6-17(18)22-29-10-5-11-30-22/h3-7,10-11,13-14,16,19H,2,8-9,12,15H2,1H3,(H,32,33). The molecule has 3 heterocycles. The SMILES string of the molecule is CCC1C2CCC(CNc3cnc(C(F)(F)F)cn3)(C2)N1C(=O)c1ccccc1-c1ncccn1. The van der Waals surface area contributed by atoms with Crippen LogP contribution < -0.4 is 5.32 Å². The van der Waals surface area contributed by atoms with Crippen molar-refractivity contribution in [2.45, 2.75) is 50.4 Å². The van der Waals surface area contributed by atoms with Gasteiger partial charge in [0.15, 0.2) is 11.5 Å². The Labute approximate surface area is 200 Å². The van der Waals surface area contributed by atoms with Crippen LogP contribution >= 0.6 is 0 Å². The lowest BCUT2D eigenvalue weighted by Gasteiger charge is -2.44. The number of anilines is 1. The van der Waals surface area contributed by atoms with Gasteiger partial charge >= 0.3 is 6.18 Å². The molecule has 1 aliphatic heterocycles. The molecule has 2 bridgehead atoms. The molecule has 3 unspecified atom stereocenters. The molecule has 1 aliphatic carbocycles. The number of benzene rings is 1. The lowest BCUT2D eigenvalue weighted by Crippen LogP contribution is -2.56. The first-order valence-corrected chi connectivity index (χ1v) is 11.7. The van der Waals surface area contributed by atoms with E-state index in [-0.39, 0.29) is 17.8 Å². The Balaban J connectivity index is 1.44. The third kappa shape index (κ3) is 4.21. The minimum absolute atomic E-state index is 0.0811. The van der Waals surface area contributed by atoms with Gasteiger partial charge < -0.3 is 10.2 Å². The van der Waals surface area contributed by atoms with Crippen LogP contribution in [-0.2, 0) is 6.18 Å². The number of alkyl halides is 3. The molecule has 1 saturated heterocycles. The Morgan fingerprint density at radius 2 is 1.89 bits per heavy atom. The summed E-state index contributed by atoms with van der Waals surface area (Å²) in [4.78, 5) is 32.1. The van der Waals surface area contributed by atoms with Crippen LogP contribution in [-0.4, -0.2) is 48.9 Å². The fraction of sp³-hybridized carbons (Fsp3) is 0.400. The van der Waals surface area contributed by atoms with Gasteiger partial charge in [0, 0.05) is 30.5 Å². The zero-order valence-corrected chi connectivity index (χ0v) is 19.2. The van der Waals surface area contributed by atoms with Gasteiger partial charge in [0.25, 0.3) is 5.91 Å². The molecule has 10 heteroatoms. The zero-order valence-electron chi connectivity index (χ0n) is 19.2. The molecular formula is C25H25F3N6O. The van der Waals surface area contributed by atoms with Gasteiger partial charge in [-0.05, 0) is 43.7 Å². The number of carbonyl (C=O) groups is 1. The van der Waals surface area contributed by atoms with E-state index < -0.39 is 17.4 Å². The predicted molar refractivity (Wildman–Crippen MR) is 123 cm³/mol. The van der Waals surface area contributed by atoms with Gasteiger partial charge in [-0.15, -0.1) is 0 Å². The van der Waals surface area contributed by atoms with Crippen LogP contribution in [0.5, 0.6) is 0 Å². The Morgan fingerprint density at radius 3 is 2.57 bits per heavy atom. The summed E-state index contributed by atoms with van der Waals surface area (Å²) in [6, 6.07) is 9.15. The maximum atomic E-state index is 14.1. The smallest absolute Gasteiger partial charge is 0.366 e. The van der Waals surface area contributed by atoms with Crippen LogP contribution in [0.25, 0.3) is 11.4 Å². The van der Waals surface area contributed by atoms with E-state index in [0.29, 0.717) is 29.4 Å². The molecule has 7 nitrogen and oxygen atoms in total. The number of aromatic nitrogens is 4. The topological polar surface area (TPSA) is 83.9 Å². The van der Waals surface area contributed by atoms with E-state index in [1.54, 1.807) is 24.5 Å². The molecule has 2 fully saturated rings. The number of piperidine rings is 1. The average Bonchev–Trinajstić information content (AvgIpc) is 3.44. The van der Waals surface area contributed by atoms with Crippen molar-refractivity contribution in [3.8, 4) is 11.4 Å². The fourth-order valence-electron chi connectivity index (χ4n) is 5.64. The monoisotopic (exact) mass is 482 g/mol.